The van der Waals surface area contributed by atoms with Crippen LogP contribution in [0.5, 0.6) is 5.88 Å². The summed E-state index contributed by atoms with van der Waals surface area (Å²) in [6.45, 7) is 7.99. The number of sulfonamides is 1. The molecule has 0 unspecified atom stereocenters. The summed E-state index contributed by atoms with van der Waals surface area (Å²) in [4.78, 5) is 39.0. The summed E-state index contributed by atoms with van der Waals surface area (Å²) < 4.78 is 85.3. The van der Waals surface area contributed by atoms with Gasteiger partial charge in [-0.3, -0.25) is 4.79 Å². The molecular formula is C38H44F3N5O6S. The smallest absolute Gasteiger partial charge is 0.410 e. The van der Waals surface area contributed by atoms with Gasteiger partial charge in [-0.15, -0.1) is 0 Å². The SMILES string of the molecule is Cc1cccc(C)c1-c1cc2nc(n1)NS(=O)(=O)c1cccc(c1)C(=O)N(C1CC3(CCN(C(=O)OC(C)C)CC3)C1)[C@H](CC1(C(F)(F)F)CC1)CO2. The Labute approximate surface area is 307 Å². The summed E-state index contributed by atoms with van der Waals surface area (Å²) in [7, 11) is -4.32. The number of halogens is 3. The molecule has 4 bridgehead atoms. The lowest BCUT2D eigenvalue weighted by molar-refractivity contribution is -0.194. The number of likely N-dealkylation sites (tertiary alicyclic amines) is 1. The van der Waals surface area contributed by atoms with Crippen LogP contribution in [0.25, 0.3) is 11.3 Å². The van der Waals surface area contributed by atoms with Gasteiger partial charge < -0.3 is 19.3 Å². The number of anilines is 1. The standard InChI is InChI=1S/C38H44F3N5O6S/c1-23(2)52-35(48)45-15-13-36(14-16-45)19-27(20-36)46-28(21-37(11-12-37)38(39,40)41)22-51-31-18-30(32-24(3)7-5-8-25(32)4)42-34(43-31)44-53(49,50)29-10-6-9-26(17-29)33(46)47/h5-10,17-18,23,27-28H,11-16,19-22H2,1-4H3,(H,42,43,44)/t28-/m1/s1. The van der Waals surface area contributed by atoms with E-state index in [4.69, 9.17) is 9.47 Å². The Balaban J connectivity index is 1.27. The number of aromatic nitrogens is 2. The highest BCUT2D eigenvalue weighted by molar-refractivity contribution is 7.92. The molecule has 284 valence electrons. The Hall–Kier alpha value is -4.40. The van der Waals surface area contributed by atoms with E-state index in [0.29, 0.717) is 44.5 Å². The summed E-state index contributed by atoms with van der Waals surface area (Å²) in [6.07, 6.45) is -3.24. The van der Waals surface area contributed by atoms with E-state index in [0.717, 1.165) is 16.7 Å². The number of carbonyl (C=O) groups is 2. The Morgan fingerprint density at radius 1 is 1.02 bits per heavy atom. The number of ether oxygens (including phenoxy) is 2. The summed E-state index contributed by atoms with van der Waals surface area (Å²) in [6, 6.07) is 11.3. The van der Waals surface area contributed by atoms with Crippen molar-refractivity contribution in [1.82, 2.24) is 19.8 Å². The van der Waals surface area contributed by atoms with Crippen molar-refractivity contribution in [2.45, 2.75) is 102 Å². The number of fused-ring (bicyclic) bond motifs is 4. The minimum atomic E-state index is -4.49. The van der Waals surface area contributed by atoms with Gasteiger partial charge in [-0.2, -0.15) is 18.2 Å². The van der Waals surface area contributed by atoms with Gasteiger partial charge in [-0.1, -0.05) is 24.3 Å². The van der Waals surface area contributed by atoms with Crippen LogP contribution >= 0.6 is 0 Å². The lowest BCUT2D eigenvalue weighted by Crippen LogP contribution is -2.60. The Kier molecular flexibility index (Phi) is 9.39. The third-order valence-corrected chi connectivity index (χ3v) is 12.7. The predicted octanol–water partition coefficient (Wildman–Crippen LogP) is 7.29. The summed E-state index contributed by atoms with van der Waals surface area (Å²) in [5, 5.41) is 0. The van der Waals surface area contributed by atoms with Crippen LogP contribution in [0.15, 0.2) is 53.4 Å². The fraction of sp³-hybridized carbons (Fsp3) is 0.526. The van der Waals surface area contributed by atoms with Crippen LogP contribution in [-0.4, -0.2) is 84.2 Å². The second-order valence-electron chi connectivity index (χ2n) is 15.5. The van der Waals surface area contributed by atoms with E-state index in [1.165, 1.54) is 29.2 Å². The van der Waals surface area contributed by atoms with Crippen molar-refractivity contribution in [3.05, 3.63) is 65.2 Å². The van der Waals surface area contributed by atoms with Crippen molar-refractivity contribution in [2.75, 3.05) is 24.4 Å². The molecule has 1 spiro atoms. The number of nitrogens with one attached hydrogen (secondary N) is 1. The van der Waals surface area contributed by atoms with Crippen molar-refractivity contribution >= 4 is 28.0 Å². The molecule has 53 heavy (non-hydrogen) atoms. The van der Waals surface area contributed by atoms with Gasteiger partial charge in [-0.05, 0) is 107 Å². The van der Waals surface area contributed by atoms with Gasteiger partial charge in [0.2, 0.25) is 11.8 Å². The van der Waals surface area contributed by atoms with Gasteiger partial charge in [0, 0.05) is 36.3 Å². The fourth-order valence-electron chi connectivity index (χ4n) is 8.25. The molecule has 7 rings (SSSR count). The van der Waals surface area contributed by atoms with Crippen molar-refractivity contribution in [3.8, 4) is 17.1 Å². The molecule has 3 heterocycles. The largest absolute Gasteiger partial charge is 0.475 e. The highest BCUT2D eigenvalue weighted by Crippen LogP contribution is 2.61. The van der Waals surface area contributed by atoms with Crippen molar-refractivity contribution in [1.29, 1.82) is 0 Å². The van der Waals surface area contributed by atoms with Crippen LogP contribution in [0.2, 0.25) is 0 Å². The van der Waals surface area contributed by atoms with E-state index in [2.05, 4.69) is 14.7 Å². The zero-order chi connectivity index (χ0) is 37.9. The molecule has 2 saturated carbocycles. The van der Waals surface area contributed by atoms with Crippen molar-refractivity contribution in [2.24, 2.45) is 10.8 Å². The van der Waals surface area contributed by atoms with E-state index < -0.39 is 39.6 Å². The molecule has 15 heteroatoms. The zero-order valence-electron chi connectivity index (χ0n) is 30.2. The van der Waals surface area contributed by atoms with Gasteiger partial charge in [0.1, 0.15) is 6.61 Å². The third kappa shape index (κ3) is 7.28. The molecule has 3 fully saturated rings. The van der Waals surface area contributed by atoms with Gasteiger partial charge in [-0.25, -0.2) is 22.9 Å². The maximum atomic E-state index is 14.6. The highest BCUT2D eigenvalue weighted by atomic mass is 32.2. The number of rotatable bonds is 5. The number of piperidine rings is 1. The molecule has 4 aliphatic rings. The number of aryl methyl sites for hydroxylation is 2. The average molecular weight is 756 g/mol. The molecule has 1 aromatic heterocycles. The molecule has 11 nitrogen and oxygen atoms in total. The molecule has 1 atom stereocenters. The van der Waals surface area contributed by atoms with Crippen LogP contribution in [-0.2, 0) is 14.8 Å². The van der Waals surface area contributed by atoms with E-state index in [1.807, 2.05) is 32.0 Å². The van der Waals surface area contributed by atoms with Crippen LogP contribution in [0.3, 0.4) is 0 Å². The topological polar surface area (TPSA) is 131 Å². The van der Waals surface area contributed by atoms with Crippen LogP contribution in [0, 0.1) is 24.7 Å². The molecule has 1 N–H and O–H groups in total. The fourth-order valence-corrected chi connectivity index (χ4v) is 9.24. The average Bonchev–Trinajstić information content (AvgIpc) is 3.87. The highest BCUT2D eigenvalue weighted by Gasteiger charge is 2.64. The third-order valence-electron chi connectivity index (χ3n) is 11.3. The first kappa shape index (κ1) is 36.9. The molecule has 0 radical (unpaired) electrons. The summed E-state index contributed by atoms with van der Waals surface area (Å²) in [5.74, 6) is -0.885. The number of carbonyl (C=O) groups excluding carboxylic acids is 2. The monoisotopic (exact) mass is 755 g/mol. The second kappa shape index (κ2) is 13.5. The second-order valence-corrected chi connectivity index (χ2v) is 17.1. The molecular weight excluding hydrogens is 712 g/mol. The van der Waals surface area contributed by atoms with Crippen LogP contribution in [0.1, 0.15) is 80.3 Å². The maximum Gasteiger partial charge on any atom is 0.410 e. The molecule has 1 saturated heterocycles. The number of nitrogens with zero attached hydrogens (tertiary/aromatic N) is 4. The van der Waals surface area contributed by atoms with Crippen LogP contribution in [0.4, 0.5) is 23.9 Å². The lowest BCUT2D eigenvalue weighted by atomic mass is 9.59. The zero-order valence-corrected chi connectivity index (χ0v) is 31.0. The molecule has 3 aromatic rings. The number of hydrogen-bond acceptors (Lipinski definition) is 8. The number of hydrogen-bond donors (Lipinski definition) is 1. The minimum absolute atomic E-state index is 0.0324. The van der Waals surface area contributed by atoms with E-state index >= 15 is 0 Å². The van der Waals surface area contributed by atoms with E-state index in [9.17, 15) is 31.2 Å². The van der Waals surface area contributed by atoms with Gasteiger partial charge >= 0.3 is 12.3 Å². The van der Waals surface area contributed by atoms with Gasteiger partial charge in [0.25, 0.3) is 15.9 Å². The summed E-state index contributed by atoms with van der Waals surface area (Å²) in [5.41, 5.74) is 0.698. The first-order valence-corrected chi connectivity index (χ1v) is 19.5. The van der Waals surface area contributed by atoms with E-state index in [1.54, 1.807) is 24.8 Å². The predicted molar refractivity (Wildman–Crippen MR) is 190 cm³/mol. The maximum absolute atomic E-state index is 14.6. The first-order valence-electron chi connectivity index (χ1n) is 18.0. The Morgan fingerprint density at radius 3 is 2.30 bits per heavy atom. The quantitative estimate of drug-likeness (QED) is 0.288. The molecule has 2 amide bonds. The number of alkyl halides is 3. The minimum Gasteiger partial charge on any atom is -0.475 e. The molecule has 2 aromatic carbocycles. The lowest BCUT2D eigenvalue weighted by Gasteiger charge is -2.56. The van der Waals surface area contributed by atoms with Gasteiger partial charge in [0.15, 0.2) is 0 Å². The molecule has 2 aliphatic heterocycles. The van der Waals surface area contributed by atoms with E-state index in [-0.39, 0.29) is 65.8 Å². The number of benzene rings is 2. The number of amides is 2. The summed E-state index contributed by atoms with van der Waals surface area (Å²) >= 11 is 0. The Morgan fingerprint density at radius 2 is 1.68 bits per heavy atom. The van der Waals surface area contributed by atoms with Gasteiger partial charge in [0.05, 0.1) is 28.2 Å². The normalized spacial score (nSPS) is 22.1. The van der Waals surface area contributed by atoms with Crippen molar-refractivity contribution in [3.63, 3.8) is 0 Å². The van der Waals surface area contributed by atoms with Crippen LogP contribution < -0.4 is 9.46 Å². The first-order chi connectivity index (χ1) is 25.0. The molecule has 2 aliphatic carbocycles. The Bertz CT molecular complexity index is 2000. The van der Waals surface area contributed by atoms with Crippen molar-refractivity contribution < 1.29 is 40.7 Å².